The molecule has 0 saturated carbocycles. The van der Waals surface area contributed by atoms with Crippen LogP contribution in [0.5, 0.6) is 0 Å². The van der Waals surface area contributed by atoms with Crippen LogP contribution >= 0.6 is 0 Å². The highest BCUT2D eigenvalue weighted by Crippen LogP contribution is 2.24. The highest BCUT2D eigenvalue weighted by molar-refractivity contribution is 5.46. The van der Waals surface area contributed by atoms with E-state index < -0.39 is 0 Å². The highest BCUT2D eigenvalue weighted by atomic mass is 16.5. The van der Waals surface area contributed by atoms with Gasteiger partial charge in [-0.15, -0.1) is 19.7 Å². The fraction of sp³-hybridized carbons (Fsp3) is 0.304. The van der Waals surface area contributed by atoms with Crippen LogP contribution in [0.4, 0.5) is 0 Å². The van der Waals surface area contributed by atoms with Gasteiger partial charge < -0.3 is 4.74 Å². The third-order valence-electron chi connectivity index (χ3n) is 3.01. The van der Waals surface area contributed by atoms with Gasteiger partial charge in [-0.3, -0.25) is 0 Å². The van der Waals surface area contributed by atoms with E-state index in [0.29, 0.717) is 6.61 Å². The van der Waals surface area contributed by atoms with Gasteiger partial charge in [-0.1, -0.05) is 57.4 Å². The zero-order chi connectivity index (χ0) is 18.8. The van der Waals surface area contributed by atoms with E-state index in [1.54, 1.807) is 6.08 Å². The molecule has 0 unspecified atom stereocenters. The van der Waals surface area contributed by atoms with E-state index in [9.17, 15) is 0 Å². The van der Waals surface area contributed by atoms with Crippen molar-refractivity contribution < 1.29 is 4.74 Å². The Morgan fingerprint density at radius 1 is 1.21 bits per heavy atom. The van der Waals surface area contributed by atoms with E-state index in [0.717, 1.165) is 25.0 Å². The van der Waals surface area contributed by atoms with E-state index in [2.05, 4.69) is 57.2 Å². The zero-order valence-electron chi connectivity index (χ0n) is 15.8. The first-order chi connectivity index (χ1) is 11.7. The Balaban J connectivity index is 0. The summed E-state index contributed by atoms with van der Waals surface area (Å²) in [5.74, 6) is 0.851. The molecule has 0 spiro atoms. The number of hydrogen-bond donors (Lipinski definition) is 0. The SMILES string of the molecule is C=C.C=C/C=C(\C=C1\C=CC(C(=C)CCC=C)=CC1)OCC.CC. The maximum atomic E-state index is 5.54. The fourth-order valence-electron chi connectivity index (χ4n) is 1.95. The standard InChI is InChI=1S/C19H24O.C2H6.C2H4/c1-5-8-10-16(4)18-13-11-17(12-14-18)15-19(9-6-2)20-7-3;2*1-2/h5-6,9,11,13-15H,1-2,4,7-8,10,12H2,3H3;1-2H3;1-2H2/b17-15-,19-9+;;. The van der Waals surface area contributed by atoms with Crippen LogP contribution in [-0.2, 0) is 4.74 Å². The first-order valence-electron chi connectivity index (χ1n) is 8.54. The summed E-state index contributed by atoms with van der Waals surface area (Å²) in [4.78, 5) is 0. The van der Waals surface area contributed by atoms with Gasteiger partial charge in [0.05, 0.1) is 6.61 Å². The van der Waals surface area contributed by atoms with E-state index in [1.165, 1.54) is 16.7 Å². The Bertz CT molecular complexity index is 498. The summed E-state index contributed by atoms with van der Waals surface area (Å²) in [6.07, 6.45) is 16.9. The normalized spacial score (nSPS) is 14.4. The van der Waals surface area contributed by atoms with Gasteiger partial charge in [-0.2, -0.15) is 0 Å². The average molecular weight is 327 g/mol. The zero-order valence-corrected chi connectivity index (χ0v) is 15.8. The first-order valence-corrected chi connectivity index (χ1v) is 8.54. The summed E-state index contributed by atoms with van der Waals surface area (Å²) < 4.78 is 5.54. The first kappa shape index (κ1) is 24.0. The van der Waals surface area contributed by atoms with Crippen molar-refractivity contribution in [2.75, 3.05) is 6.61 Å². The van der Waals surface area contributed by atoms with Crippen molar-refractivity contribution in [3.63, 3.8) is 0 Å². The molecule has 0 N–H and O–H groups in total. The number of rotatable bonds is 8. The maximum Gasteiger partial charge on any atom is 0.119 e. The Kier molecular flexibility index (Phi) is 17.1. The minimum atomic E-state index is 0.659. The molecule has 1 nitrogen and oxygen atoms in total. The second-order valence-electron chi connectivity index (χ2n) is 4.58. The molecule has 24 heavy (non-hydrogen) atoms. The van der Waals surface area contributed by atoms with Gasteiger partial charge >= 0.3 is 0 Å². The maximum absolute atomic E-state index is 5.54. The Morgan fingerprint density at radius 3 is 2.33 bits per heavy atom. The molecular formula is C23H34O. The predicted octanol–water partition coefficient (Wildman–Crippen LogP) is 7.26. The van der Waals surface area contributed by atoms with Crippen LogP contribution in [0.1, 0.15) is 40.0 Å². The molecular weight excluding hydrogens is 292 g/mol. The van der Waals surface area contributed by atoms with Gasteiger partial charge in [0.2, 0.25) is 0 Å². The molecule has 0 amide bonds. The van der Waals surface area contributed by atoms with Crippen molar-refractivity contribution in [3.05, 3.63) is 97.9 Å². The largest absolute Gasteiger partial charge is 0.494 e. The lowest BCUT2D eigenvalue weighted by Gasteiger charge is -2.12. The van der Waals surface area contributed by atoms with E-state index in [4.69, 9.17) is 4.74 Å². The summed E-state index contributed by atoms with van der Waals surface area (Å²) in [5, 5.41) is 0. The van der Waals surface area contributed by atoms with Crippen molar-refractivity contribution in [1.82, 2.24) is 0 Å². The lowest BCUT2D eigenvalue weighted by Crippen LogP contribution is -1.94. The molecule has 1 heteroatoms. The molecule has 0 aromatic rings. The summed E-state index contributed by atoms with van der Waals surface area (Å²) in [6, 6.07) is 0. The van der Waals surface area contributed by atoms with E-state index in [1.807, 2.05) is 32.9 Å². The topological polar surface area (TPSA) is 9.23 Å². The van der Waals surface area contributed by atoms with Gasteiger partial charge in [0.1, 0.15) is 5.76 Å². The number of ether oxygens (including phenoxy) is 1. The summed E-state index contributed by atoms with van der Waals surface area (Å²) in [7, 11) is 0. The van der Waals surface area contributed by atoms with E-state index >= 15 is 0 Å². The lowest BCUT2D eigenvalue weighted by molar-refractivity contribution is 0.242. The monoisotopic (exact) mass is 326 g/mol. The molecule has 1 aliphatic rings. The lowest BCUT2D eigenvalue weighted by atomic mass is 9.95. The van der Waals surface area contributed by atoms with Crippen LogP contribution in [-0.4, -0.2) is 6.61 Å². The third kappa shape index (κ3) is 10.4. The molecule has 0 saturated heterocycles. The van der Waals surface area contributed by atoms with Crippen LogP contribution < -0.4 is 0 Å². The van der Waals surface area contributed by atoms with Crippen molar-refractivity contribution >= 4 is 0 Å². The van der Waals surface area contributed by atoms with Crippen molar-refractivity contribution in [2.45, 2.75) is 40.0 Å². The molecule has 0 bridgehead atoms. The number of hydrogen-bond acceptors (Lipinski definition) is 1. The molecule has 132 valence electrons. The molecule has 0 aromatic carbocycles. The van der Waals surface area contributed by atoms with Crippen molar-refractivity contribution in [1.29, 1.82) is 0 Å². The minimum Gasteiger partial charge on any atom is -0.494 e. The van der Waals surface area contributed by atoms with Crippen LogP contribution in [0.3, 0.4) is 0 Å². The average Bonchev–Trinajstić information content (AvgIpc) is 2.64. The molecule has 0 fully saturated rings. The summed E-state index contributed by atoms with van der Waals surface area (Å²) >= 11 is 0. The van der Waals surface area contributed by atoms with Gasteiger partial charge in [0, 0.05) is 0 Å². The molecule has 1 rings (SSSR count). The number of allylic oxidation sites excluding steroid dienone is 10. The summed E-state index contributed by atoms with van der Waals surface area (Å²) in [5.41, 5.74) is 3.63. The van der Waals surface area contributed by atoms with Gasteiger partial charge in [0.25, 0.3) is 0 Å². The third-order valence-corrected chi connectivity index (χ3v) is 3.01. The summed E-state index contributed by atoms with van der Waals surface area (Å²) in [6.45, 7) is 24.2. The Labute approximate surface area is 149 Å². The van der Waals surface area contributed by atoms with E-state index in [-0.39, 0.29) is 0 Å². The predicted molar refractivity (Wildman–Crippen MR) is 111 cm³/mol. The van der Waals surface area contributed by atoms with Crippen molar-refractivity contribution in [3.8, 4) is 0 Å². The quantitative estimate of drug-likeness (QED) is 0.259. The smallest absolute Gasteiger partial charge is 0.119 e. The van der Waals surface area contributed by atoms with Crippen LogP contribution in [0, 0.1) is 0 Å². The molecule has 0 radical (unpaired) electrons. The van der Waals surface area contributed by atoms with Crippen LogP contribution in [0.25, 0.3) is 0 Å². The highest BCUT2D eigenvalue weighted by Gasteiger charge is 2.05. The Morgan fingerprint density at radius 2 is 1.88 bits per heavy atom. The minimum absolute atomic E-state index is 0.659. The second kappa shape index (κ2) is 17.1. The molecule has 0 aliphatic heterocycles. The van der Waals surface area contributed by atoms with Gasteiger partial charge in [0.15, 0.2) is 0 Å². The fourth-order valence-corrected chi connectivity index (χ4v) is 1.95. The van der Waals surface area contributed by atoms with Gasteiger partial charge in [-0.05, 0) is 55.1 Å². The Hall–Kier alpha value is -2.28. The molecule has 0 heterocycles. The van der Waals surface area contributed by atoms with Crippen molar-refractivity contribution in [2.24, 2.45) is 0 Å². The molecule has 0 atom stereocenters. The van der Waals surface area contributed by atoms with Crippen LogP contribution in [0.15, 0.2) is 97.9 Å². The molecule has 0 aromatic heterocycles. The molecule has 1 aliphatic carbocycles. The van der Waals surface area contributed by atoms with Gasteiger partial charge in [-0.25, -0.2) is 0 Å². The second-order valence-corrected chi connectivity index (χ2v) is 4.58. The van der Waals surface area contributed by atoms with Crippen LogP contribution in [0.2, 0.25) is 0 Å².